The highest BCUT2D eigenvalue weighted by Gasteiger charge is 2.39. The van der Waals surface area contributed by atoms with Gasteiger partial charge in [0.1, 0.15) is 54.1 Å². The van der Waals surface area contributed by atoms with Gasteiger partial charge in [0, 0.05) is 61.2 Å². The molecule has 2 aliphatic heterocycles. The summed E-state index contributed by atoms with van der Waals surface area (Å²) < 4.78 is 0. The Morgan fingerprint density at radius 1 is 0.700 bits per heavy atom. The van der Waals surface area contributed by atoms with Gasteiger partial charge in [-0.1, -0.05) is 44.2 Å². The number of H-pyrrole nitrogens is 2. The first-order valence-electron chi connectivity index (χ1n) is 26.0. The summed E-state index contributed by atoms with van der Waals surface area (Å²) in [7, 11) is 0. The molecule has 0 spiro atoms. The van der Waals surface area contributed by atoms with Gasteiger partial charge in [-0.2, -0.15) is 0 Å². The monoisotopic (exact) mass is 1110 g/mol. The Labute approximate surface area is 458 Å². The van der Waals surface area contributed by atoms with E-state index in [-0.39, 0.29) is 69.1 Å². The summed E-state index contributed by atoms with van der Waals surface area (Å²) in [6, 6.07) is 1.96. The van der Waals surface area contributed by atoms with Gasteiger partial charge in [-0.15, -0.1) is 0 Å². The number of carbonyl (C=O) groups is 11. The summed E-state index contributed by atoms with van der Waals surface area (Å²) in [5.41, 5.74) is 7.28. The van der Waals surface area contributed by atoms with Crippen LogP contribution in [-0.2, 0) is 72.0 Å². The number of carbonyl (C=O) groups excluding carboxylic acids is 11. The van der Waals surface area contributed by atoms with Crippen LogP contribution in [0.5, 0.6) is 5.75 Å². The molecular weight excluding hydrogens is 1040 g/mol. The predicted molar refractivity (Wildman–Crippen MR) is 282 cm³/mol. The van der Waals surface area contributed by atoms with Crippen LogP contribution in [0.3, 0.4) is 0 Å². The van der Waals surface area contributed by atoms with Crippen molar-refractivity contribution < 1.29 is 68.1 Å². The standard InChI is InChI=1S/C52H68N14O14/c1-27(2)16-35(47(75)65-40(25-68)52(80)66-15-5-8-41(66)51(79)56-22-42(53)70)60-44(72)23-57-45(73)36(17-28-9-11-31(69)12-10-28)61-50(78)39(24-67)64-48(76)37(18-29-20-55-33-7-4-3-6-32(29)33)62-49(77)38(19-30-21-54-26-58-30)63-46(74)34-13-14-43(71)59-34/h3-4,6-7,9-12,20-21,26-27,34-41,55,67-69H,5,8,13-19,22-25H2,1-2H3,(H2,53,70)(H,54,58)(H,56,79)(H,57,73)(H,59,71)(H,60,72)(H,61,78)(H,62,77)(H,63,74)(H,64,76)(H,65,75)/t34-,35-,36-,37-,38-,39-,40-,41-/m0/s1. The number of benzene rings is 2. The molecule has 11 amide bonds. The second-order valence-electron chi connectivity index (χ2n) is 19.9. The molecule has 430 valence electrons. The molecule has 4 heterocycles. The Morgan fingerprint density at radius 2 is 1.34 bits per heavy atom. The van der Waals surface area contributed by atoms with Gasteiger partial charge in [0.15, 0.2) is 0 Å². The number of imidazole rings is 1. The third kappa shape index (κ3) is 17.0. The van der Waals surface area contributed by atoms with Gasteiger partial charge in [0.2, 0.25) is 65.0 Å². The fourth-order valence-electron chi connectivity index (χ4n) is 9.22. The zero-order valence-electron chi connectivity index (χ0n) is 44.0. The summed E-state index contributed by atoms with van der Waals surface area (Å²) in [6.07, 6.45) is 4.92. The lowest BCUT2D eigenvalue weighted by Gasteiger charge is -2.29. The minimum atomic E-state index is -1.75. The van der Waals surface area contributed by atoms with E-state index < -0.39 is 134 Å². The van der Waals surface area contributed by atoms with Crippen molar-refractivity contribution in [2.75, 3.05) is 32.8 Å². The molecular formula is C52H68N14O14. The van der Waals surface area contributed by atoms with Crippen molar-refractivity contribution in [3.63, 3.8) is 0 Å². The Hall–Kier alpha value is -8.92. The first-order chi connectivity index (χ1) is 38.2. The molecule has 2 aromatic heterocycles. The molecule has 8 atom stereocenters. The van der Waals surface area contributed by atoms with Crippen molar-refractivity contribution in [1.82, 2.24) is 67.7 Å². The molecule has 0 aliphatic carbocycles. The number of amides is 11. The van der Waals surface area contributed by atoms with Crippen LogP contribution in [0.1, 0.15) is 62.8 Å². The number of likely N-dealkylation sites (tertiary alicyclic amines) is 1. The van der Waals surface area contributed by atoms with E-state index in [1.165, 1.54) is 41.7 Å². The number of aromatic nitrogens is 3. The minimum absolute atomic E-state index is 0.0312. The number of hydrogen-bond donors (Lipinski definition) is 15. The molecule has 0 unspecified atom stereocenters. The molecule has 2 aromatic carbocycles. The van der Waals surface area contributed by atoms with E-state index >= 15 is 0 Å². The average Bonchev–Trinajstić information content (AvgIpc) is 4.30. The number of nitrogens with one attached hydrogen (secondary N) is 11. The van der Waals surface area contributed by atoms with E-state index in [4.69, 9.17) is 5.73 Å². The fourth-order valence-corrected chi connectivity index (χ4v) is 9.22. The third-order valence-corrected chi connectivity index (χ3v) is 13.3. The molecule has 4 aromatic rings. The molecule has 28 heteroatoms. The maximum atomic E-state index is 14.4. The van der Waals surface area contributed by atoms with Crippen LogP contribution in [0.15, 0.2) is 67.3 Å². The van der Waals surface area contributed by atoms with E-state index in [2.05, 4.69) is 62.8 Å². The van der Waals surface area contributed by atoms with Crippen molar-refractivity contribution in [1.29, 1.82) is 0 Å². The molecule has 2 saturated heterocycles. The normalized spacial score (nSPS) is 17.2. The predicted octanol–water partition coefficient (Wildman–Crippen LogP) is -4.45. The number of nitrogens with two attached hydrogens (primary N) is 1. The number of primary amides is 1. The van der Waals surface area contributed by atoms with Crippen LogP contribution in [0.2, 0.25) is 0 Å². The van der Waals surface area contributed by atoms with Crippen molar-refractivity contribution in [2.24, 2.45) is 11.7 Å². The zero-order valence-corrected chi connectivity index (χ0v) is 44.0. The maximum Gasteiger partial charge on any atom is 0.248 e. The van der Waals surface area contributed by atoms with Crippen molar-refractivity contribution >= 4 is 75.9 Å². The lowest BCUT2D eigenvalue weighted by Crippen LogP contribution is -2.60. The van der Waals surface area contributed by atoms with Gasteiger partial charge in [-0.3, -0.25) is 52.7 Å². The first kappa shape index (κ1) is 60.3. The van der Waals surface area contributed by atoms with Crippen molar-refractivity contribution in [3.05, 3.63) is 84.1 Å². The largest absolute Gasteiger partial charge is 0.508 e. The maximum absolute atomic E-state index is 14.4. The SMILES string of the molecule is CC(C)C[C@H](NC(=O)CNC(=O)[C@H](Cc1ccc(O)cc1)NC(=O)[C@H](CO)NC(=O)[C@H](Cc1c[nH]c2ccccc12)NC(=O)[C@H](Cc1cnc[nH]1)NC(=O)[C@@H]1CCC(=O)N1)C(=O)N[C@@H](CO)C(=O)N1CCC[C@H]1C(=O)NCC(N)=O. The van der Waals surface area contributed by atoms with Gasteiger partial charge in [0.05, 0.1) is 32.6 Å². The summed E-state index contributed by atoms with van der Waals surface area (Å²) in [6.45, 7) is 0.522. The molecule has 16 N–H and O–H groups in total. The van der Waals surface area contributed by atoms with Crippen molar-refractivity contribution in [2.45, 2.75) is 114 Å². The zero-order chi connectivity index (χ0) is 58.0. The van der Waals surface area contributed by atoms with Gasteiger partial charge < -0.3 is 83.8 Å². The Bertz CT molecular complexity index is 2880. The average molecular weight is 1110 g/mol. The number of phenols is 1. The number of hydrogen-bond acceptors (Lipinski definition) is 15. The van der Waals surface area contributed by atoms with Gasteiger partial charge in [-0.25, -0.2) is 4.98 Å². The number of aliphatic hydroxyl groups is 2. The topological polar surface area (TPSA) is 430 Å². The Kier molecular flexibility index (Phi) is 21.6. The molecule has 80 heavy (non-hydrogen) atoms. The smallest absolute Gasteiger partial charge is 0.248 e. The molecule has 6 rings (SSSR count). The lowest BCUT2D eigenvalue weighted by molar-refractivity contribution is -0.143. The van der Waals surface area contributed by atoms with Gasteiger partial charge in [0.25, 0.3) is 0 Å². The number of aromatic hydroxyl groups is 1. The lowest BCUT2D eigenvalue weighted by atomic mass is 10.0. The van der Waals surface area contributed by atoms with Gasteiger partial charge in [-0.05, 0) is 60.9 Å². The highest BCUT2D eigenvalue weighted by Crippen LogP contribution is 2.21. The third-order valence-electron chi connectivity index (χ3n) is 13.3. The molecule has 2 fully saturated rings. The number of fused-ring (bicyclic) bond motifs is 1. The quantitative estimate of drug-likeness (QED) is 0.0255. The van der Waals surface area contributed by atoms with E-state index in [1.54, 1.807) is 44.3 Å². The van der Waals surface area contributed by atoms with Crippen LogP contribution in [0.25, 0.3) is 10.9 Å². The number of para-hydroxylation sites is 1. The summed E-state index contributed by atoms with van der Waals surface area (Å²) >= 11 is 0. The minimum Gasteiger partial charge on any atom is -0.508 e. The molecule has 0 saturated carbocycles. The van der Waals surface area contributed by atoms with E-state index in [9.17, 15) is 68.1 Å². The first-order valence-corrected chi connectivity index (χ1v) is 26.0. The highest BCUT2D eigenvalue weighted by atomic mass is 16.3. The second kappa shape index (κ2) is 28.6. The molecule has 0 bridgehead atoms. The van der Waals surface area contributed by atoms with Crippen LogP contribution < -0.4 is 53.6 Å². The van der Waals surface area contributed by atoms with Crippen LogP contribution >= 0.6 is 0 Å². The number of aliphatic hydroxyl groups excluding tert-OH is 2. The Balaban J connectivity index is 1.14. The summed E-state index contributed by atoms with van der Waals surface area (Å²) in [4.78, 5) is 158. The van der Waals surface area contributed by atoms with Crippen LogP contribution in [0, 0.1) is 5.92 Å². The van der Waals surface area contributed by atoms with E-state index in [0.717, 1.165) is 0 Å². The van der Waals surface area contributed by atoms with E-state index in [0.29, 0.717) is 34.1 Å². The number of aromatic amines is 2. The van der Waals surface area contributed by atoms with Crippen LogP contribution in [0.4, 0.5) is 0 Å². The summed E-state index contributed by atoms with van der Waals surface area (Å²) in [5, 5.41) is 54.0. The molecule has 28 nitrogen and oxygen atoms in total. The number of phenolic OH excluding ortho intramolecular Hbond substituents is 1. The fraction of sp³-hybridized carbons (Fsp3) is 0.462. The molecule has 0 radical (unpaired) electrons. The number of rotatable bonds is 28. The summed E-state index contributed by atoms with van der Waals surface area (Å²) in [5.74, 6) is -9.06. The Morgan fingerprint density at radius 3 is 1.98 bits per heavy atom. The van der Waals surface area contributed by atoms with Crippen molar-refractivity contribution in [3.8, 4) is 5.75 Å². The number of nitrogens with zero attached hydrogens (tertiary/aromatic N) is 2. The van der Waals surface area contributed by atoms with E-state index in [1.807, 2.05) is 0 Å². The van der Waals surface area contributed by atoms with Crippen LogP contribution in [-0.4, -0.2) is 181 Å². The van der Waals surface area contributed by atoms with Gasteiger partial charge >= 0.3 is 0 Å². The molecule has 2 aliphatic rings. The highest BCUT2D eigenvalue weighted by molar-refractivity contribution is 5.99. The second-order valence-corrected chi connectivity index (χ2v) is 19.9.